The molecule has 108 valence electrons. The van der Waals surface area contributed by atoms with Crippen LogP contribution < -0.4 is 0 Å². The van der Waals surface area contributed by atoms with Gasteiger partial charge in [-0.15, -0.1) is 0 Å². The van der Waals surface area contributed by atoms with Gasteiger partial charge in [0.2, 0.25) is 0 Å². The van der Waals surface area contributed by atoms with E-state index in [9.17, 15) is 4.79 Å². The summed E-state index contributed by atoms with van der Waals surface area (Å²) in [5.74, 6) is -0.879. The highest BCUT2D eigenvalue weighted by Crippen LogP contribution is 2.04. The standard InChI is InChI=1S/C7H6O2.C6H15NO3/c8-7(9)6-4-2-1-3-5-6;1-4(8)7(5(2)9)6(3)10/h1-5H,(H,8,9);4-6,8-10H,1-3H3. The third kappa shape index (κ3) is 6.88. The number of carboxylic acids is 1. The van der Waals surface area contributed by atoms with Crippen molar-refractivity contribution < 1.29 is 25.2 Å². The lowest BCUT2D eigenvalue weighted by Gasteiger charge is -2.30. The molecule has 6 heteroatoms. The van der Waals surface area contributed by atoms with Gasteiger partial charge in [0.15, 0.2) is 0 Å². The summed E-state index contributed by atoms with van der Waals surface area (Å²) < 4.78 is 0. The summed E-state index contributed by atoms with van der Waals surface area (Å²) in [7, 11) is 0. The minimum Gasteiger partial charge on any atom is -0.478 e. The van der Waals surface area contributed by atoms with E-state index in [0.717, 1.165) is 0 Å². The van der Waals surface area contributed by atoms with Crippen LogP contribution in [0.1, 0.15) is 31.1 Å². The van der Waals surface area contributed by atoms with E-state index in [-0.39, 0.29) is 0 Å². The van der Waals surface area contributed by atoms with Crippen LogP contribution in [0.4, 0.5) is 0 Å². The molecule has 6 nitrogen and oxygen atoms in total. The van der Waals surface area contributed by atoms with Crippen LogP contribution in [0.15, 0.2) is 30.3 Å². The van der Waals surface area contributed by atoms with Gasteiger partial charge < -0.3 is 20.4 Å². The van der Waals surface area contributed by atoms with Crippen molar-refractivity contribution in [2.75, 3.05) is 0 Å². The Bertz CT molecular complexity index is 346. The lowest BCUT2D eigenvalue weighted by atomic mass is 10.2. The molecular formula is C13H21NO5. The first-order valence-electron chi connectivity index (χ1n) is 5.87. The Balaban J connectivity index is 0.000000342. The van der Waals surface area contributed by atoms with Gasteiger partial charge in [-0.25, -0.2) is 9.69 Å². The molecule has 3 atom stereocenters. The number of carboxylic acid groups (broad SMARTS) is 1. The van der Waals surface area contributed by atoms with Crippen LogP contribution >= 0.6 is 0 Å². The number of aliphatic hydroxyl groups is 3. The Morgan fingerprint density at radius 1 is 0.947 bits per heavy atom. The first-order chi connectivity index (χ1) is 8.77. The maximum atomic E-state index is 10.2. The largest absolute Gasteiger partial charge is 0.478 e. The van der Waals surface area contributed by atoms with Gasteiger partial charge in [0.1, 0.15) is 18.7 Å². The zero-order valence-electron chi connectivity index (χ0n) is 11.3. The monoisotopic (exact) mass is 271 g/mol. The molecule has 0 aliphatic heterocycles. The Hall–Kier alpha value is -1.47. The van der Waals surface area contributed by atoms with Crippen LogP contribution in [0.2, 0.25) is 0 Å². The topological polar surface area (TPSA) is 101 Å². The maximum Gasteiger partial charge on any atom is 0.335 e. The predicted molar refractivity (Wildman–Crippen MR) is 70.3 cm³/mol. The summed E-state index contributed by atoms with van der Waals surface area (Å²) in [6.45, 7) is 4.46. The highest BCUT2D eigenvalue weighted by atomic mass is 16.4. The quantitative estimate of drug-likeness (QED) is 0.601. The van der Waals surface area contributed by atoms with Crippen molar-refractivity contribution >= 4 is 5.97 Å². The molecular weight excluding hydrogens is 250 g/mol. The molecule has 0 bridgehead atoms. The third-order valence-corrected chi connectivity index (χ3v) is 2.32. The Morgan fingerprint density at radius 3 is 1.47 bits per heavy atom. The number of hydrogen-bond donors (Lipinski definition) is 4. The van der Waals surface area contributed by atoms with E-state index in [1.165, 1.54) is 25.7 Å². The molecule has 19 heavy (non-hydrogen) atoms. The fourth-order valence-electron chi connectivity index (χ4n) is 1.52. The van der Waals surface area contributed by atoms with E-state index >= 15 is 0 Å². The van der Waals surface area contributed by atoms with Gasteiger partial charge in [-0.05, 0) is 32.9 Å². The molecule has 0 aliphatic rings. The molecule has 1 rings (SSSR count). The second-order valence-electron chi connectivity index (χ2n) is 4.01. The molecule has 4 N–H and O–H groups in total. The molecule has 0 spiro atoms. The zero-order valence-corrected chi connectivity index (χ0v) is 11.3. The van der Waals surface area contributed by atoms with E-state index in [1.807, 2.05) is 0 Å². The van der Waals surface area contributed by atoms with Gasteiger partial charge in [-0.1, -0.05) is 18.2 Å². The molecule has 0 aliphatic carbocycles. The number of nitrogens with zero attached hydrogens (tertiary/aromatic N) is 1. The first-order valence-corrected chi connectivity index (χ1v) is 5.87. The van der Waals surface area contributed by atoms with Gasteiger partial charge >= 0.3 is 5.97 Å². The van der Waals surface area contributed by atoms with Crippen LogP contribution in [-0.2, 0) is 0 Å². The Kier molecular flexibility index (Phi) is 7.94. The van der Waals surface area contributed by atoms with Crippen LogP contribution in [0, 0.1) is 0 Å². The van der Waals surface area contributed by atoms with E-state index in [2.05, 4.69) is 0 Å². The number of benzene rings is 1. The summed E-state index contributed by atoms with van der Waals surface area (Å²) in [5, 5.41) is 35.3. The zero-order chi connectivity index (χ0) is 15.0. The summed E-state index contributed by atoms with van der Waals surface area (Å²) in [6.07, 6.45) is -2.50. The summed E-state index contributed by atoms with van der Waals surface area (Å²) in [4.78, 5) is 11.4. The normalized spacial score (nSPS) is 15.1. The first kappa shape index (κ1) is 17.5. The van der Waals surface area contributed by atoms with Crippen LogP contribution in [0.25, 0.3) is 0 Å². The lowest BCUT2D eigenvalue weighted by Crippen LogP contribution is -2.45. The number of rotatable bonds is 4. The van der Waals surface area contributed by atoms with Gasteiger partial charge in [0, 0.05) is 0 Å². The van der Waals surface area contributed by atoms with Crippen molar-refractivity contribution in [1.29, 1.82) is 0 Å². The summed E-state index contributed by atoms with van der Waals surface area (Å²) in [5.41, 5.74) is 0.331. The van der Waals surface area contributed by atoms with Gasteiger partial charge in [0.25, 0.3) is 0 Å². The fraction of sp³-hybridized carbons (Fsp3) is 0.462. The molecule has 0 heterocycles. The SMILES string of the molecule is CC(O)N(C(C)O)C(C)O.O=C(O)c1ccccc1. The van der Waals surface area contributed by atoms with E-state index < -0.39 is 24.7 Å². The van der Waals surface area contributed by atoms with Crippen LogP contribution in [-0.4, -0.2) is 50.0 Å². The van der Waals surface area contributed by atoms with E-state index in [1.54, 1.807) is 30.3 Å². The van der Waals surface area contributed by atoms with Crippen LogP contribution in [0.5, 0.6) is 0 Å². The van der Waals surface area contributed by atoms with Gasteiger partial charge in [0.05, 0.1) is 5.56 Å². The maximum absolute atomic E-state index is 10.2. The molecule has 1 aromatic carbocycles. The van der Waals surface area contributed by atoms with Gasteiger partial charge in [-0.3, -0.25) is 0 Å². The number of aromatic carboxylic acids is 1. The lowest BCUT2D eigenvalue weighted by molar-refractivity contribution is -0.159. The van der Waals surface area contributed by atoms with Crippen molar-refractivity contribution in [3.05, 3.63) is 35.9 Å². The highest BCUT2D eigenvalue weighted by Gasteiger charge is 2.20. The highest BCUT2D eigenvalue weighted by molar-refractivity contribution is 5.87. The van der Waals surface area contributed by atoms with Gasteiger partial charge in [-0.2, -0.15) is 0 Å². The Labute approximate surface area is 112 Å². The van der Waals surface area contributed by atoms with Crippen LogP contribution in [0.3, 0.4) is 0 Å². The molecule has 0 aromatic heterocycles. The van der Waals surface area contributed by atoms with Crippen molar-refractivity contribution in [3.8, 4) is 0 Å². The number of carbonyl (C=O) groups is 1. The average Bonchev–Trinajstić information content (AvgIpc) is 2.29. The average molecular weight is 271 g/mol. The van der Waals surface area contributed by atoms with Crippen molar-refractivity contribution in [3.63, 3.8) is 0 Å². The molecule has 3 unspecified atom stereocenters. The predicted octanol–water partition coefficient (Wildman–Crippen LogP) is 0.688. The smallest absolute Gasteiger partial charge is 0.335 e. The number of hydrogen-bond acceptors (Lipinski definition) is 5. The molecule has 0 amide bonds. The summed E-state index contributed by atoms with van der Waals surface area (Å²) in [6, 6.07) is 8.30. The molecule has 0 saturated carbocycles. The molecule has 0 saturated heterocycles. The van der Waals surface area contributed by atoms with Crippen molar-refractivity contribution in [1.82, 2.24) is 4.90 Å². The molecule has 0 fully saturated rings. The second-order valence-corrected chi connectivity index (χ2v) is 4.01. The third-order valence-electron chi connectivity index (χ3n) is 2.32. The molecule has 1 aromatic rings. The number of aliphatic hydroxyl groups excluding tert-OH is 3. The van der Waals surface area contributed by atoms with Crippen molar-refractivity contribution in [2.24, 2.45) is 0 Å². The van der Waals surface area contributed by atoms with E-state index in [4.69, 9.17) is 20.4 Å². The Morgan fingerprint density at radius 2 is 1.32 bits per heavy atom. The minimum absolute atomic E-state index is 0.331. The van der Waals surface area contributed by atoms with Crippen molar-refractivity contribution in [2.45, 2.75) is 39.5 Å². The second kappa shape index (κ2) is 8.60. The molecule has 0 radical (unpaired) electrons. The fourth-order valence-corrected chi connectivity index (χ4v) is 1.52. The van der Waals surface area contributed by atoms with E-state index in [0.29, 0.717) is 5.56 Å². The minimum atomic E-state index is -0.879. The summed E-state index contributed by atoms with van der Waals surface area (Å²) >= 11 is 0.